The van der Waals surface area contributed by atoms with Crippen molar-refractivity contribution in [2.75, 3.05) is 19.6 Å². The van der Waals surface area contributed by atoms with Gasteiger partial charge in [0.2, 0.25) is 0 Å². The zero-order valence-corrected chi connectivity index (χ0v) is 22.0. The lowest BCUT2D eigenvalue weighted by Crippen LogP contribution is -2.45. The molecule has 2 fully saturated rings. The number of amides is 1. The number of ether oxygens (including phenoxy) is 2. The Morgan fingerprint density at radius 2 is 1.68 bits per heavy atom. The highest BCUT2D eigenvalue weighted by Gasteiger charge is 2.39. The van der Waals surface area contributed by atoms with Gasteiger partial charge >= 0.3 is 0 Å². The fourth-order valence-electron chi connectivity index (χ4n) is 5.30. The standard InChI is InChI=1S/C31H37N3O4/c1-22-28(20-34-16-3-2-4-17-34)37-31(38-29(22)25-11-9-24(21-35)10-12-25)26-13-7-23(8-14-26)18-33-30(36)27-6-5-15-32-19-27/h5-15,19,22,28-29,31,35H,2-4,16-18,20-21H2,1H3,(H,33,36). The average Bonchev–Trinajstić information content (AvgIpc) is 2.98. The van der Waals surface area contributed by atoms with Crippen LogP contribution < -0.4 is 5.32 Å². The number of nitrogens with one attached hydrogen (secondary N) is 1. The van der Waals surface area contributed by atoms with Crippen LogP contribution >= 0.6 is 0 Å². The van der Waals surface area contributed by atoms with Gasteiger partial charge in [0.15, 0.2) is 6.29 Å². The molecule has 0 saturated carbocycles. The van der Waals surface area contributed by atoms with Crippen LogP contribution in [0, 0.1) is 5.92 Å². The van der Waals surface area contributed by atoms with Crippen molar-refractivity contribution in [1.82, 2.24) is 15.2 Å². The number of hydrogen-bond acceptors (Lipinski definition) is 6. The maximum absolute atomic E-state index is 12.4. The number of nitrogens with zero attached hydrogens (tertiary/aromatic N) is 2. The van der Waals surface area contributed by atoms with E-state index in [9.17, 15) is 9.90 Å². The van der Waals surface area contributed by atoms with Crippen molar-refractivity contribution in [2.24, 2.45) is 5.92 Å². The van der Waals surface area contributed by atoms with Gasteiger partial charge in [0.25, 0.3) is 5.91 Å². The van der Waals surface area contributed by atoms with Crippen molar-refractivity contribution in [3.8, 4) is 0 Å². The number of rotatable bonds is 8. The van der Waals surface area contributed by atoms with E-state index in [1.54, 1.807) is 24.5 Å². The van der Waals surface area contributed by atoms with Crippen molar-refractivity contribution in [1.29, 1.82) is 0 Å². The van der Waals surface area contributed by atoms with Crippen LogP contribution in [-0.4, -0.2) is 46.6 Å². The SMILES string of the molecule is CC1C(CN2CCCCC2)OC(c2ccc(CNC(=O)c3cccnc3)cc2)OC1c1ccc(CO)cc1. The van der Waals surface area contributed by atoms with Crippen molar-refractivity contribution >= 4 is 5.91 Å². The number of carbonyl (C=O) groups excluding carboxylic acids is 1. The Bertz CT molecular complexity index is 1160. The lowest BCUT2D eigenvalue weighted by Gasteiger charge is -2.43. The maximum Gasteiger partial charge on any atom is 0.253 e. The highest BCUT2D eigenvalue weighted by molar-refractivity contribution is 5.93. The second-order valence-corrected chi connectivity index (χ2v) is 10.3. The number of likely N-dealkylation sites (tertiary alicyclic amines) is 1. The third kappa shape index (κ3) is 6.48. The average molecular weight is 516 g/mol. The van der Waals surface area contributed by atoms with Crippen LogP contribution in [0.1, 0.15) is 71.2 Å². The molecule has 2 saturated heterocycles. The van der Waals surface area contributed by atoms with E-state index < -0.39 is 6.29 Å². The smallest absolute Gasteiger partial charge is 0.253 e. The van der Waals surface area contributed by atoms with E-state index in [1.165, 1.54) is 19.3 Å². The number of carbonyl (C=O) groups is 1. The van der Waals surface area contributed by atoms with Crippen molar-refractivity contribution in [3.63, 3.8) is 0 Å². The van der Waals surface area contributed by atoms with Gasteiger partial charge in [-0.3, -0.25) is 9.78 Å². The fraction of sp³-hybridized carbons (Fsp3) is 0.419. The predicted octanol–water partition coefficient (Wildman–Crippen LogP) is 4.78. The molecule has 2 aliphatic rings. The maximum atomic E-state index is 12.4. The Morgan fingerprint density at radius 1 is 0.974 bits per heavy atom. The van der Waals surface area contributed by atoms with E-state index in [-0.39, 0.29) is 30.6 Å². The number of piperidine rings is 1. The second-order valence-electron chi connectivity index (χ2n) is 10.3. The number of pyridine rings is 1. The molecule has 0 radical (unpaired) electrons. The number of aliphatic hydroxyl groups is 1. The molecule has 4 atom stereocenters. The molecular formula is C31H37N3O4. The van der Waals surface area contributed by atoms with Crippen LogP contribution in [0.2, 0.25) is 0 Å². The van der Waals surface area contributed by atoms with E-state index in [0.29, 0.717) is 12.1 Å². The third-order valence-corrected chi connectivity index (χ3v) is 7.64. The van der Waals surface area contributed by atoms with Gasteiger partial charge in [-0.1, -0.05) is 61.9 Å². The first kappa shape index (κ1) is 26.5. The molecule has 7 heteroatoms. The van der Waals surface area contributed by atoms with Gasteiger partial charge in [-0.05, 0) is 54.8 Å². The molecule has 1 amide bonds. The predicted molar refractivity (Wildman–Crippen MR) is 145 cm³/mol. The molecule has 7 nitrogen and oxygen atoms in total. The fourth-order valence-corrected chi connectivity index (χ4v) is 5.30. The van der Waals surface area contributed by atoms with Crippen molar-refractivity contribution < 1.29 is 19.4 Å². The van der Waals surface area contributed by atoms with Crippen LogP contribution in [0.4, 0.5) is 0 Å². The summed E-state index contributed by atoms with van der Waals surface area (Å²) in [7, 11) is 0. The molecule has 0 bridgehead atoms. The monoisotopic (exact) mass is 515 g/mol. The number of benzene rings is 2. The molecule has 3 heterocycles. The molecule has 5 rings (SSSR count). The van der Waals surface area contributed by atoms with E-state index in [2.05, 4.69) is 34.3 Å². The second kappa shape index (κ2) is 12.6. The highest BCUT2D eigenvalue weighted by atomic mass is 16.7. The quantitative estimate of drug-likeness (QED) is 0.449. The van der Waals surface area contributed by atoms with E-state index >= 15 is 0 Å². The molecule has 1 aromatic heterocycles. The van der Waals surface area contributed by atoms with Gasteiger partial charge < -0.3 is 24.8 Å². The van der Waals surface area contributed by atoms with Crippen LogP contribution in [0.3, 0.4) is 0 Å². The van der Waals surface area contributed by atoms with Gasteiger partial charge in [-0.15, -0.1) is 0 Å². The first-order valence-electron chi connectivity index (χ1n) is 13.6. The molecule has 200 valence electrons. The summed E-state index contributed by atoms with van der Waals surface area (Å²) in [5, 5.41) is 12.4. The normalized spacial score (nSPS) is 24.2. The summed E-state index contributed by atoms with van der Waals surface area (Å²) in [6, 6.07) is 19.6. The highest BCUT2D eigenvalue weighted by Crippen LogP contribution is 2.42. The minimum absolute atomic E-state index is 0.0275. The Labute approximate surface area is 224 Å². The lowest BCUT2D eigenvalue weighted by atomic mass is 9.89. The van der Waals surface area contributed by atoms with Gasteiger partial charge in [0.05, 0.1) is 24.4 Å². The summed E-state index contributed by atoms with van der Waals surface area (Å²) in [6.07, 6.45) is 6.43. The molecule has 3 aromatic rings. The molecule has 0 aliphatic carbocycles. The van der Waals surface area contributed by atoms with Gasteiger partial charge in [-0.2, -0.15) is 0 Å². The Balaban J connectivity index is 1.30. The van der Waals surface area contributed by atoms with Crippen LogP contribution in [-0.2, 0) is 22.6 Å². The van der Waals surface area contributed by atoms with Crippen LogP contribution in [0.5, 0.6) is 0 Å². The minimum atomic E-state index is -0.484. The zero-order chi connectivity index (χ0) is 26.3. The van der Waals surface area contributed by atoms with E-state index in [1.807, 2.05) is 36.4 Å². The van der Waals surface area contributed by atoms with Crippen LogP contribution in [0.25, 0.3) is 0 Å². The number of hydrogen-bond donors (Lipinski definition) is 2. The van der Waals surface area contributed by atoms with E-state index in [0.717, 1.165) is 41.9 Å². The summed E-state index contributed by atoms with van der Waals surface area (Å²) in [5.41, 5.74) is 4.48. The zero-order valence-electron chi connectivity index (χ0n) is 22.0. The molecule has 4 unspecified atom stereocenters. The molecule has 2 aromatic carbocycles. The summed E-state index contributed by atoms with van der Waals surface area (Å²) in [4.78, 5) is 18.9. The van der Waals surface area contributed by atoms with Crippen molar-refractivity contribution in [3.05, 3.63) is 101 Å². The largest absolute Gasteiger partial charge is 0.392 e. The summed E-state index contributed by atoms with van der Waals surface area (Å²) in [5.74, 6) is 0.0286. The number of aromatic nitrogens is 1. The summed E-state index contributed by atoms with van der Waals surface area (Å²) in [6.45, 7) is 5.80. The Kier molecular flexibility index (Phi) is 8.81. The topological polar surface area (TPSA) is 83.9 Å². The van der Waals surface area contributed by atoms with Gasteiger partial charge in [0, 0.05) is 37.0 Å². The first-order chi connectivity index (χ1) is 18.6. The van der Waals surface area contributed by atoms with Gasteiger partial charge in [-0.25, -0.2) is 0 Å². The van der Waals surface area contributed by atoms with E-state index in [4.69, 9.17) is 9.47 Å². The Morgan fingerprint density at radius 3 is 2.37 bits per heavy atom. The number of aliphatic hydroxyl groups excluding tert-OH is 1. The molecule has 2 N–H and O–H groups in total. The molecule has 2 aliphatic heterocycles. The summed E-state index contributed by atoms with van der Waals surface area (Å²) >= 11 is 0. The Hall–Kier alpha value is -3.10. The van der Waals surface area contributed by atoms with Crippen LogP contribution in [0.15, 0.2) is 73.1 Å². The lowest BCUT2D eigenvalue weighted by molar-refractivity contribution is -0.276. The minimum Gasteiger partial charge on any atom is -0.392 e. The third-order valence-electron chi connectivity index (χ3n) is 7.64. The first-order valence-corrected chi connectivity index (χ1v) is 13.6. The molecule has 0 spiro atoms. The molecule has 38 heavy (non-hydrogen) atoms. The van der Waals surface area contributed by atoms with Gasteiger partial charge in [0.1, 0.15) is 0 Å². The van der Waals surface area contributed by atoms with Crippen molar-refractivity contribution in [2.45, 2.75) is 57.8 Å². The summed E-state index contributed by atoms with van der Waals surface area (Å²) < 4.78 is 13.2. The molecular weight excluding hydrogens is 478 g/mol.